The summed E-state index contributed by atoms with van der Waals surface area (Å²) in [6.07, 6.45) is 3.51. The lowest BCUT2D eigenvalue weighted by Crippen LogP contribution is -2.02. The van der Waals surface area contributed by atoms with Crippen LogP contribution in [0, 0.1) is 0 Å². The Morgan fingerprint density at radius 1 is 0.288 bits per heavy atom. The van der Waals surface area contributed by atoms with Crippen LogP contribution >= 0.6 is 0 Å². The molecule has 4 aromatic heterocycles. The molecule has 0 aliphatic rings. The van der Waals surface area contributed by atoms with E-state index in [1.165, 1.54) is 43.4 Å². The Morgan fingerprint density at radius 2 is 0.763 bits per heavy atom. The van der Waals surface area contributed by atoms with Crippen LogP contribution in [0.4, 0.5) is 0 Å². The van der Waals surface area contributed by atoms with E-state index in [4.69, 9.17) is 19.4 Å². The van der Waals surface area contributed by atoms with Crippen molar-refractivity contribution in [1.29, 1.82) is 0 Å². The van der Waals surface area contributed by atoms with Crippen molar-refractivity contribution < 1.29 is 4.42 Å². The van der Waals surface area contributed by atoms with Crippen LogP contribution in [0.1, 0.15) is 0 Å². The zero-order valence-electron chi connectivity index (χ0n) is 31.5. The lowest BCUT2D eigenvalue weighted by molar-refractivity contribution is 0.669. The summed E-state index contributed by atoms with van der Waals surface area (Å²) in [6, 6.07) is 61.6. The highest BCUT2D eigenvalue weighted by atomic mass is 16.3. The summed E-state index contributed by atoms with van der Waals surface area (Å²) in [7, 11) is 0. The molecule has 12 aromatic rings. The second-order valence-electron chi connectivity index (χ2n) is 14.8. The molecule has 0 radical (unpaired) electrons. The molecule has 0 aliphatic carbocycles. The molecule has 6 heteroatoms. The smallest absolute Gasteiger partial charge is 0.182 e. The molecule has 274 valence electrons. The number of pyridine rings is 2. The van der Waals surface area contributed by atoms with Gasteiger partial charge in [0.25, 0.3) is 0 Å². The molecule has 12 rings (SSSR count). The highest BCUT2D eigenvalue weighted by Gasteiger charge is 2.20. The number of para-hydroxylation sites is 1. The Hall–Kier alpha value is -8.09. The van der Waals surface area contributed by atoms with Gasteiger partial charge in [-0.25, -0.2) is 15.0 Å². The molecule has 0 unspecified atom stereocenters. The van der Waals surface area contributed by atoms with Crippen LogP contribution in [0.2, 0.25) is 0 Å². The van der Waals surface area contributed by atoms with E-state index in [0.29, 0.717) is 28.9 Å². The second kappa shape index (κ2) is 13.3. The third-order valence-corrected chi connectivity index (χ3v) is 11.4. The van der Waals surface area contributed by atoms with Crippen molar-refractivity contribution in [2.45, 2.75) is 0 Å². The molecule has 0 amide bonds. The van der Waals surface area contributed by atoms with Crippen LogP contribution in [0.3, 0.4) is 0 Å². The maximum atomic E-state index is 6.21. The Kier molecular flexibility index (Phi) is 7.43. The summed E-state index contributed by atoms with van der Waals surface area (Å²) in [4.78, 5) is 24.0. The largest absolute Gasteiger partial charge is 0.456 e. The molecule has 0 bridgehead atoms. The topological polar surface area (TPSA) is 77.6 Å². The maximum absolute atomic E-state index is 6.21. The lowest BCUT2D eigenvalue weighted by Gasteiger charge is -2.18. The van der Waals surface area contributed by atoms with Gasteiger partial charge in [-0.1, -0.05) is 115 Å². The number of hydrogen-bond donors (Lipinski definition) is 0. The van der Waals surface area contributed by atoms with Crippen molar-refractivity contribution in [2.75, 3.05) is 0 Å². The van der Waals surface area contributed by atoms with Gasteiger partial charge < -0.3 is 4.42 Å². The zero-order valence-corrected chi connectivity index (χ0v) is 31.5. The first-order valence-corrected chi connectivity index (χ1v) is 19.7. The number of fused-ring (bicyclic) bond motifs is 9. The van der Waals surface area contributed by atoms with Crippen LogP contribution in [0.5, 0.6) is 0 Å². The van der Waals surface area contributed by atoms with Crippen molar-refractivity contribution in [1.82, 2.24) is 24.9 Å². The van der Waals surface area contributed by atoms with Crippen molar-refractivity contribution >= 4 is 65.0 Å². The predicted molar refractivity (Wildman–Crippen MR) is 240 cm³/mol. The summed E-state index contributed by atoms with van der Waals surface area (Å²) < 4.78 is 6.21. The Morgan fingerprint density at radius 3 is 1.39 bits per heavy atom. The normalized spacial score (nSPS) is 11.7. The number of rotatable bonds is 5. The Bertz CT molecular complexity index is 3560. The van der Waals surface area contributed by atoms with E-state index in [1.807, 2.05) is 48.5 Å². The SMILES string of the molecule is c1ccc(-c2nc(-c3ccccn3)nc(-c3ccc(-c4cc5c6ccccc6c(-c6ccc7oc8ccccc8c7c6)cc5c5ccccc45)c4ccccc34)n2)nc1. The molecule has 0 spiro atoms. The average Bonchev–Trinajstić information content (AvgIpc) is 3.69. The summed E-state index contributed by atoms with van der Waals surface area (Å²) in [5.74, 6) is 1.55. The monoisotopic (exact) mass is 753 g/mol. The zero-order chi connectivity index (χ0) is 38.9. The fraction of sp³-hybridized carbons (Fsp3) is 0. The van der Waals surface area contributed by atoms with Gasteiger partial charge >= 0.3 is 0 Å². The van der Waals surface area contributed by atoms with Gasteiger partial charge in [-0.2, -0.15) is 0 Å². The summed E-state index contributed by atoms with van der Waals surface area (Å²) >= 11 is 0. The second-order valence-corrected chi connectivity index (χ2v) is 14.8. The molecule has 4 heterocycles. The summed E-state index contributed by atoms with van der Waals surface area (Å²) in [5.41, 5.74) is 8.70. The van der Waals surface area contributed by atoms with Crippen LogP contribution < -0.4 is 0 Å². The van der Waals surface area contributed by atoms with E-state index in [-0.39, 0.29) is 0 Å². The summed E-state index contributed by atoms with van der Waals surface area (Å²) in [5, 5.41) is 11.6. The molecule has 59 heavy (non-hydrogen) atoms. The van der Waals surface area contributed by atoms with E-state index in [9.17, 15) is 0 Å². The molecule has 0 atom stereocenters. The number of furan rings is 1. The number of benzene rings is 8. The molecule has 0 saturated heterocycles. The molecule has 8 aromatic carbocycles. The molecule has 0 aliphatic heterocycles. The first-order valence-electron chi connectivity index (χ1n) is 19.7. The molecule has 0 fully saturated rings. The highest BCUT2D eigenvalue weighted by molar-refractivity contribution is 6.25. The first kappa shape index (κ1) is 33.1. The van der Waals surface area contributed by atoms with E-state index in [0.717, 1.165) is 49.4 Å². The van der Waals surface area contributed by atoms with Gasteiger partial charge in [-0.3, -0.25) is 9.97 Å². The van der Waals surface area contributed by atoms with E-state index < -0.39 is 0 Å². The lowest BCUT2D eigenvalue weighted by atomic mass is 9.86. The minimum atomic E-state index is 0.495. The fourth-order valence-corrected chi connectivity index (χ4v) is 8.75. The van der Waals surface area contributed by atoms with Crippen LogP contribution in [-0.2, 0) is 0 Å². The third-order valence-electron chi connectivity index (χ3n) is 11.4. The standard InChI is InChI=1S/C53H31N5O/c1-2-14-34-33(13-1)39(24-25-41(34)51-56-52(47-20-9-11-27-54-47)58-53(57-51)48-21-10-12-28-55-48)43-31-45-36-16-4-3-15-35(36)42(30-44(45)38-18-6-5-17-37(38)43)32-23-26-50-46(29-32)40-19-7-8-22-49(40)59-50/h1-31H. The number of hydrogen-bond acceptors (Lipinski definition) is 6. The van der Waals surface area contributed by atoms with Crippen LogP contribution in [-0.4, -0.2) is 24.9 Å². The van der Waals surface area contributed by atoms with E-state index in [1.54, 1.807) is 12.4 Å². The third kappa shape index (κ3) is 5.38. The Balaban J connectivity index is 1.08. The fourth-order valence-electron chi connectivity index (χ4n) is 8.75. The van der Waals surface area contributed by atoms with Gasteiger partial charge in [0.15, 0.2) is 17.5 Å². The van der Waals surface area contributed by atoms with Crippen molar-refractivity contribution in [2.24, 2.45) is 0 Å². The quantitative estimate of drug-likeness (QED) is 0.163. The molecule has 0 N–H and O–H groups in total. The van der Waals surface area contributed by atoms with Gasteiger partial charge in [0.05, 0.1) is 0 Å². The Labute approximate surface area is 338 Å². The average molecular weight is 754 g/mol. The predicted octanol–water partition coefficient (Wildman–Crippen LogP) is 13.5. The molecule has 0 saturated carbocycles. The molecular weight excluding hydrogens is 723 g/mol. The van der Waals surface area contributed by atoms with Gasteiger partial charge in [-0.05, 0) is 126 Å². The van der Waals surface area contributed by atoms with Crippen LogP contribution in [0.25, 0.3) is 122 Å². The van der Waals surface area contributed by atoms with E-state index >= 15 is 0 Å². The van der Waals surface area contributed by atoms with Crippen LogP contribution in [0.15, 0.2) is 193 Å². The first-order chi connectivity index (χ1) is 29.2. The van der Waals surface area contributed by atoms with Gasteiger partial charge in [0.1, 0.15) is 22.6 Å². The van der Waals surface area contributed by atoms with Crippen molar-refractivity contribution in [3.8, 4) is 56.7 Å². The number of aromatic nitrogens is 5. The highest BCUT2D eigenvalue weighted by Crippen LogP contribution is 2.45. The minimum Gasteiger partial charge on any atom is -0.456 e. The van der Waals surface area contributed by atoms with Gasteiger partial charge in [0.2, 0.25) is 0 Å². The van der Waals surface area contributed by atoms with E-state index in [2.05, 4.69) is 137 Å². The molecular formula is C53H31N5O. The minimum absolute atomic E-state index is 0.495. The molecule has 6 nitrogen and oxygen atoms in total. The maximum Gasteiger partial charge on any atom is 0.182 e. The number of nitrogens with zero attached hydrogens (tertiary/aromatic N) is 5. The van der Waals surface area contributed by atoms with Crippen molar-refractivity contribution in [3.63, 3.8) is 0 Å². The summed E-state index contributed by atoms with van der Waals surface area (Å²) in [6.45, 7) is 0. The van der Waals surface area contributed by atoms with Crippen molar-refractivity contribution in [3.05, 3.63) is 188 Å². The van der Waals surface area contributed by atoms with Gasteiger partial charge in [-0.15, -0.1) is 0 Å². The van der Waals surface area contributed by atoms with Gasteiger partial charge in [0, 0.05) is 28.7 Å².